The van der Waals surface area contributed by atoms with Gasteiger partial charge in [0, 0.05) is 59.9 Å². The highest BCUT2D eigenvalue weighted by Crippen LogP contribution is 2.45. The molecule has 0 amide bonds. The van der Waals surface area contributed by atoms with Crippen LogP contribution in [0.4, 0.5) is 0 Å². The van der Waals surface area contributed by atoms with E-state index in [-0.39, 0.29) is 0 Å². The minimum atomic E-state index is 0.491. The Hall–Kier alpha value is -9.33. The average molecular weight is 870 g/mol. The molecule has 15 aromatic rings. The van der Waals surface area contributed by atoms with Gasteiger partial charge in [0.25, 0.3) is 0 Å². The zero-order valence-electron chi connectivity index (χ0n) is 36.3. The quantitative estimate of drug-likeness (QED) is 0.172. The van der Waals surface area contributed by atoms with Gasteiger partial charge in [0.15, 0.2) is 17.5 Å². The summed E-state index contributed by atoms with van der Waals surface area (Å²) < 4.78 is 18.2. The summed E-state index contributed by atoms with van der Waals surface area (Å²) >= 11 is 0. The lowest BCUT2D eigenvalue weighted by Crippen LogP contribution is -2.04. The Balaban J connectivity index is 1.10. The Bertz CT molecular complexity index is 4570. The Kier molecular flexibility index (Phi) is 7.65. The van der Waals surface area contributed by atoms with Crippen molar-refractivity contribution >= 4 is 98.3 Å². The van der Waals surface area contributed by atoms with Crippen LogP contribution in [-0.4, -0.2) is 24.1 Å². The van der Waals surface area contributed by atoms with E-state index in [1.54, 1.807) is 0 Å². The van der Waals surface area contributed by atoms with Gasteiger partial charge in [-0.15, -0.1) is 0 Å². The van der Waals surface area contributed by atoms with Gasteiger partial charge < -0.3 is 18.0 Å². The molecular weight excluding hydrogens is 835 g/mol. The fraction of sp³-hybridized carbons (Fsp3) is 0. The summed E-state index contributed by atoms with van der Waals surface area (Å²) in [6.45, 7) is 0. The fourth-order valence-corrected chi connectivity index (χ4v) is 10.8. The molecule has 0 saturated carbocycles. The molecule has 0 N–H and O–H groups in total. The monoisotopic (exact) mass is 869 g/mol. The van der Waals surface area contributed by atoms with Crippen LogP contribution in [-0.2, 0) is 0 Å². The molecule has 0 aliphatic rings. The molecule has 5 aromatic heterocycles. The van der Waals surface area contributed by atoms with Crippen molar-refractivity contribution in [1.82, 2.24) is 24.1 Å². The molecule has 15 rings (SSSR count). The van der Waals surface area contributed by atoms with E-state index >= 15 is 0 Å². The van der Waals surface area contributed by atoms with E-state index in [4.69, 9.17) is 23.8 Å². The second kappa shape index (κ2) is 14.1. The molecule has 10 aromatic carbocycles. The van der Waals surface area contributed by atoms with Crippen molar-refractivity contribution in [3.05, 3.63) is 212 Å². The lowest BCUT2D eigenvalue weighted by atomic mass is 10.0. The van der Waals surface area contributed by atoms with Gasteiger partial charge in [0.2, 0.25) is 0 Å². The third-order valence-electron chi connectivity index (χ3n) is 13.8. The minimum Gasteiger partial charge on any atom is -0.456 e. The van der Waals surface area contributed by atoms with E-state index in [2.05, 4.69) is 179 Å². The topological polar surface area (TPSA) is 74.8 Å². The second-order valence-corrected chi connectivity index (χ2v) is 17.5. The Labute approximate surface area is 387 Å². The van der Waals surface area contributed by atoms with Gasteiger partial charge in [0.1, 0.15) is 22.3 Å². The van der Waals surface area contributed by atoms with E-state index in [0.29, 0.717) is 23.1 Å². The molecule has 316 valence electrons. The first-order chi connectivity index (χ1) is 33.7. The highest BCUT2D eigenvalue weighted by molar-refractivity contribution is 6.18. The van der Waals surface area contributed by atoms with E-state index in [0.717, 1.165) is 115 Å². The smallest absolute Gasteiger partial charge is 0.170 e. The third-order valence-corrected chi connectivity index (χ3v) is 13.8. The summed E-state index contributed by atoms with van der Waals surface area (Å²) in [7, 11) is 0. The lowest BCUT2D eigenvalue weighted by Gasteiger charge is -2.16. The van der Waals surface area contributed by atoms with Crippen LogP contribution in [0.25, 0.3) is 144 Å². The minimum absolute atomic E-state index is 0.491. The molecule has 0 fully saturated rings. The number of nitrogens with zero attached hydrogens (tertiary/aromatic N) is 5. The van der Waals surface area contributed by atoms with Crippen LogP contribution in [0.15, 0.2) is 221 Å². The van der Waals surface area contributed by atoms with E-state index in [1.165, 1.54) is 5.39 Å². The number of furan rings is 2. The van der Waals surface area contributed by atoms with Crippen molar-refractivity contribution in [1.29, 1.82) is 0 Å². The molecule has 0 spiro atoms. The van der Waals surface area contributed by atoms with Crippen molar-refractivity contribution < 1.29 is 8.83 Å². The normalized spacial score (nSPS) is 12.1. The van der Waals surface area contributed by atoms with Crippen LogP contribution >= 0.6 is 0 Å². The predicted octanol–water partition coefficient (Wildman–Crippen LogP) is 16.0. The van der Waals surface area contributed by atoms with Gasteiger partial charge in [-0.2, -0.15) is 0 Å². The summed E-state index contributed by atoms with van der Waals surface area (Å²) in [6, 6.07) is 74.3. The summed E-state index contributed by atoms with van der Waals surface area (Å²) in [5.74, 6) is 1.56. The van der Waals surface area contributed by atoms with Crippen molar-refractivity contribution in [2.24, 2.45) is 0 Å². The molecule has 0 saturated heterocycles. The molecule has 68 heavy (non-hydrogen) atoms. The zero-order valence-corrected chi connectivity index (χ0v) is 36.3. The molecule has 0 aliphatic carbocycles. The van der Waals surface area contributed by atoms with Crippen LogP contribution < -0.4 is 0 Å². The first kappa shape index (κ1) is 36.9. The number of hydrogen-bond donors (Lipinski definition) is 0. The maximum atomic E-state index is 7.03. The van der Waals surface area contributed by atoms with Crippen LogP contribution in [0, 0.1) is 0 Å². The molecule has 5 heterocycles. The Morgan fingerprint density at radius 3 is 1.69 bits per heavy atom. The molecule has 7 nitrogen and oxygen atoms in total. The Morgan fingerprint density at radius 1 is 0.324 bits per heavy atom. The number of hydrogen-bond acceptors (Lipinski definition) is 5. The first-order valence-electron chi connectivity index (χ1n) is 22.9. The average Bonchev–Trinajstić information content (AvgIpc) is 4.15. The van der Waals surface area contributed by atoms with Crippen molar-refractivity contribution in [3.8, 4) is 45.5 Å². The van der Waals surface area contributed by atoms with Gasteiger partial charge in [-0.1, -0.05) is 140 Å². The van der Waals surface area contributed by atoms with Crippen LogP contribution in [0.2, 0.25) is 0 Å². The van der Waals surface area contributed by atoms with E-state index < -0.39 is 0 Å². The van der Waals surface area contributed by atoms with Crippen molar-refractivity contribution in [3.63, 3.8) is 0 Å². The highest BCUT2D eigenvalue weighted by Gasteiger charge is 2.27. The van der Waals surface area contributed by atoms with E-state index in [1.807, 2.05) is 42.5 Å². The number of para-hydroxylation sites is 5. The lowest BCUT2D eigenvalue weighted by molar-refractivity contribution is 0.668. The molecule has 7 heteroatoms. The van der Waals surface area contributed by atoms with Gasteiger partial charge in [0.05, 0.1) is 33.3 Å². The number of aromatic nitrogens is 5. The molecular formula is C61H35N5O2. The zero-order chi connectivity index (χ0) is 44.5. The third kappa shape index (κ3) is 5.26. The SMILES string of the molecule is c1ccc(-n2c3ccccc3c3c(-c4nc(-c5c(-n6c7ccccc7c7cc8ccccc8cc76)ccc6c5oc5ccccc56)nc(-c5cccc6oc7ccccc7c56)n4)cccc32)cc1. The highest BCUT2D eigenvalue weighted by atomic mass is 16.3. The molecule has 0 atom stereocenters. The fourth-order valence-electron chi connectivity index (χ4n) is 10.8. The first-order valence-corrected chi connectivity index (χ1v) is 22.9. The maximum absolute atomic E-state index is 7.03. The van der Waals surface area contributed by atoms with Crippen LogP contribution in [0.1, 0.15) is 0 Å². The van der Waals surface area contributed by atoms with Gasteiger partial charge in [-0.3, -0.25) is 0 Å². The van der Waals surface area contributed by atoms with Gasteiger partial charge >= 0.3 is 0 Å². The van der Waals surface area contributed by atoms with Crippen molar-refractivity contribution in [2.45, 2.75) is 0 Å². The number of fused-ring (bicyclic) bond motifs is 13. The molecule has 0 radical (unpaired) electrons. The number of benzene rings is 10. The van der Waals surface area contributed by atoms with Crippen LogP contribution in [0.3, 0.4) is 0 Å². The predicted molar refractivity (Wildman–Crippen MR) is 277 cm³/mol. The maximum Gasteiger partial charge on any atom is 0.170 e. The van der Waals surface area contributed by atoms with Gasteiger partial charge in [-0.25, -0.2) is 15.0 Å². The second-order valence-electron chi connectivity index (χ2n) is 17.5. The molecule has 0 aliphatic heterocycles. The van der Waals surface area contributed by atoms with Crippen LogP contribution in [0.5, 0.6) is 0 Å². The summed E-state index contributed by atoms with van der Waals surface area (Å²) in [4.78, 5) is 16.7. The summed E-state index contributed by atoms with van der Waals surface area (Å²) in [5.41, 5.74) is 11.8. The summed E-state index contributed by atoms with van der Waals surface area (Å²) in [6.07, 6.45) is 0. The molecule has 0 unspecified atom stereocenters. The largest absolute Gasteiger partial charge is 0.456 e. The van der Waals surface area contributed by atoms with Gasteiger partial charge in [-0.05, 0) is 83.6 Å². The number of rotatable bonds is 5. The standard InChI is InChI=1S/C61H35N5O2/c1-2-18-38(19-3-1)65-48-27-11-7-22-42(48)55-44(24-14-28-49(55)65)59-62-60(45-25-15-31-54-56(45)43-23-9-13-30-53(43)67-54)64-61(63-59)57-50(33-32-41-40-21-8-12-29-52(40)68-58(41)57)66-47-26-10-6-20-39(47)46-34-36-16-4-5-17-37(36)35-51(46)66/h1-35H. The van der Waals surface area contributed by atoms with Crippen molar-refractivity contribution in [2.75, 3.05) is 0 Å². The summed E-state index contributed by atoms with van der Waals surface area (Å²) in [5, 5.41) is 10.7. The Morgan fingerprint density at radius 2 is 0.897 bits per heavy atom. The van der Waals surface area contributed by atoms with E-state index in [9.17, 15) is 0 Å². The molecule has 0 bridgehead atoms.